The SMILES string of the molecule is CC(C)(C)OC(=O)NCc1ccc2[nH]c(C(N)=O)c(Sc3ccccc3)c2c1. The van der Waals surface area contributed by atoms with E-state index in [1.165, 1.54) is 11.8 Å². The third-order valence-corrected chi connectivity index (χ3v) is 5.00. The number of nitrogens with two attached hydrogens (primary N) is 1. The lowest BCUT2D eigenvalue weighted by molar-refractivity contribution is 0.0523. The third-order valence-electron chi connectivity index (χ3n) is 3.86. The number of amides is 2. The number of rotatable bonds is 5. The van der Waals surface area contributed by atoms with E-state index in [4.69, 9.17) is 10.5 Å². The van der Waals surface area contributed by atoms with E-state index in [9.17, 15) is 9.59 Å². The van der Waals surface area contributed by atoms with Crippen LogP contribution < -0.4 is 11.1 Å². The molecule has 1 heterocycles. The second kappa shape index (κ2) is 7.98. The van der Waals surface area contributed by atoms with Gasteiger partial charge in [0, 0.05) is 22.3 Å². The van der Waals surface area contributed by atoms with Crippen molar-refractivity contribution in [1.29, 1.82) is 0 Å². The molecule has 0 aliphatic carbocycles. The van der Waals surface area contributed by atoms with Crippen LogP contribution in [0.4, 0.5) is 4.79 Å². The van der Waals surface area contributed by atoms with Gasteiger partial charge < -0.3 is 20.8 Å². The molecule has 0 atom stereocenters. The van der Waals surface area contributed by atoms with Gasteiger partial charge in [0.05, 0.1) is 4.90 Å². The fourth-order valence-electron chi connectivity index (χ4n) is 2.70. The number of carbonyl (C=O) groups is 2. The molecule has 0 saturated carbocycles. The minimum atomic E-state index is -0.551. The molecule has 7 heteroatoms. The van der Waals surface area contributed by atoms with Crippen molar-refractivity contribution in [3.05, 3.63) is 59.8 Å². The number of aromatic amines is 1. The van der Waals surface area contributed by atoms with Gasteiger partial charge in [-0.25, -0.2) is 4.79 Å². The molecule has 1 aromatic heterocycles. The maximum Gasteiger partial charge on any atom is 0.407 e. The molecule has 28 heavy (non-hydrogen) atoms. The van der Waals surface area contributed by atoms with Crippen LogP contribution in [0.2, 0.25) is 0 Å². The lowest BCUT2D eigenvalue weighted by Crippen LogP contribution is -2.32. The standard InChI is InChI=1S/C21H23N3O3S/c1-21(2,3)27-20(26)23-12-13-9-10-16-15(11-13)18(17(24-16)19(22)25)28-14-7-5-4-6-8-14/h4-11,24H,12H2,1-3H3,(H2,22,25)(H,23,26). The number of ether oxygens (including phenoxy) is 1. The van der Waals surface area contributed by atoms with Gasteiger partial charge in [-0.1, -0.05) is 36.0 Å². The van der Waals surface area contributed by atoms with E-state index in [0.29, 0.717) is 12.2 Å². The Morgan fingerprint density at radius 3 is 2.50 bits per heavy atom. The van der Waals surface area contributed by atoms with E-state index in [0.717, 1.165) is 26.3 Å². The second-order valence-electron chi connectivity index (χ2n) is 7.34. The number of carbonyl (C=O) groups excluding carboxylic acids is 2. The van der Waals surface area contributed by atoms with E-state index in [2.05, 4.69) is 10.3 Å². The summed E-state index contributed by atoms with van der Waals surface area (Å²) < 4.78 is 5.26. The quantitative estimate of drug-likeness (QED) is 0.593. The Kier molecular flexibility index (Phi) is 5.65. The molecule has 3 rings (SSSR count). The largest absolute Gasteiger partial charge is 0.444 e. The van der Waals surface area contributed by atoms with E-state index in [-0.39, 0.29) is 0 Å². The Hall–Kier alpha value is -2.93. The smallest absolute Gasteiger partial charge is 0.407 e. The highest BCUT2D eigenvalue weighted by atomic mass is 32.2. The van der Waals surface area contributed by atoms with Gasteiger partial charge in [-0.05, 0) is 50.6 Å². The molecular weight excluding hydrogens is 374 g/mol. The Bertz CT molecular complexity index is 1010. The van der Waals surface area contributed by atoms with Crippen LogP contribution in [0.1, 0.15) is 36.8 Å². The summed E-state index contributed by atoms with van der Waals surface area (Å²) in [5.41, 5.74) is 7.10. The molecule has 0 saturated heterocycles. The second-order valence-corrected chi connectivity index (χ2v) is 8.43. The monoisotopic (exact) mass is 397 g/mol. The Balaban J connectivity index is 1.88. The Labute approximate surface area is 167 Å². The molecule has 0 radical (unpaired) electrons. The average molecular weight is 398 g/mol. The zero-order chi connectivity index (χ0) is 20.3. The molecule has 0 spiro atoms. The zero-order valence-corrected chi connectivity index (χ0v) is 16.9. The van der Waals surface area contributed by atoms with E-state index in [1.54, 1.807) is 0 Å². The third kappa shape index (κ3) is 4.86. The lowest BCUT2D eigenvalue weighted by Gasteiger charge is -2.19. The molecule has 0 aliphatic rings. The number of primary amides is 1. The summed E-state index contributed by atoms with van der Waals surface area (Å²) in [5.74, 6) is -0.511. The first-order chi connectivity index (χ1) is 13.2. The van der Waals surface area contributed by atoms with Gasteiger partial charge in [-0.3, -0.25) is 4.79 Å². The molecule has 0 fully saturated rings. The van der Waals surface area contributed by atoms with Gasteiger partial charge in [0.25, 0.3) is 5.91 Å². The van der Waals surface area contributed by atoms with Crippen molar-refractivity contribution in [2.75, 3.05) is 0 Å². The van der Waals surface area contributed by atoms with E-state index in [1.807, 2.05) is 69.3 Å². The first-order valence-electron chi connectivity index (χ1n) is 8.87. The fourth-order valence-corrected chi connectivity index (χ4v) is 3.76. The number of fused-ring (bicyclic) bond motifs is 1. The van der Waals surface area contributed by atoms with Crippen molar-refractivity contribution in [3.63, 3.8) is 0 Å². The summed E-state index contributed by atoms with van der Waals surface area (Å²) >= 11 is 1.48. The van der Waals surface area contributed by atoms with Crippen molar-refractivity contribution in [1.82, 2.24) is 10.3 Å². The summed E-state index contributed by atoms with van der Waals surface area (Å²) in [6, 6.07) is 15.5. The van der Waals surface area contributed by atoms with Gasteiger partial charge in [-0.15, -0.1) is 0 Å². The predicted molar refractivity (Wildman–Crippen MR) is 110 cm³/mol. The summed E-state index contributed by atoms with van der Waals surface area (Å²) in [4.78, 5) is 28.7. The zero-order valence-electron chi connectivity index (χ0n) is 16.0. The number of nitrogens with one attached hydrogen (secondary N) is 2. The first-order valence-corrected chi connectivity index (χ1v) is 9.69. The predicted octanol–water partition coefficient (Wildman–Crippen LogP) is 4.44. The van der Waals surface area contributed by atoms with Crippen LogP contribution in [0, 0.1) is 0 Å². The molecule has 0 bridgehead atoms. The molecule has 6 nitrogen and oxygen atoms in total. The van der Waals surface area contributed by atoms with Gasteiger partial charge in [0.1, 0.15) is 11.3 Å². The van der Waals surface area contributed by atoms with Gasteiger partial charge in [-0.2, -0.15) is 0 Å². The molecule has 146 valence electrons. The fraction of sp³-hybridized carbons (Fsp3) is 0.238. The van der Waals surface area contributed by atoms with Crippen molar-refractivity contribution < 1.29 is 14.3 Å². The van der Waals surface area contributed by atoms with Crippen LogP contribution in [-0.2, 0) is 11.3 Å². The number of hydrogen-bond acceptors (Lipinski definition) is 4. The molecule has 3 aromatic rings. The molecular formula is C21H23N3O3S. The summed E-state index contributed by atoms with van der Waals surface area (Å²) in [6.07, 6.45) is -0.474. The molecule has 2 amide bonds. The molecule has 0 aliphatic heterocycles. The Morgan fingerprint density at radius 2 is 1.86 bits per heavy atom. The number of hydrogen-bond donors (Lipinski definition) is 3. The topological polar surface area (TPSA) is 97.2 Å². The number of alkyl carbamates (subject to hydrolysis) is 1. The highest BCUT2D eigenvalue weighted by Gasteiger charge is 2.18. The number of H-pyrrole nitrogens is 1. The summed E-state index contributed by atoms with van der Waals surface area (Å²) in [6.45, 7) is 5.77. The van der Waals surface area contributed by atoms with Crippen LogP contribution in [0.3, 0.4) is 0 Å². The minimum Gasteiger partial charge on any atom is -0.444 e. The van der Waals surface area contributed by atoms with Crippen molar-refractivity contribution in [3.8, 4) is 0 Å². The summed E-state index contributed by atoms with van der Waals surface area (Å²) in [7, 11) is 0. The van der Waals surface area contributed by atoms with Crippen LogP contribution in [0.25, 0.3) is 10.9 Å². The summed E-state index contributed by atoms with van der Waals surface area (Å²) in [5, 5.41) is 3.63. The Morgan fingerprint density at radius 1 is 1.14 bits per heavy atom. The van der Waals surface area contributed by atoms with E-state index < -0.39 is 17.6 Å². The van der Waals surface area contributed by atoms with Crippen LogP contribution >= 0.6 is 11.8 Å². The lowest BCUT2D eigenvalue weighted by atomic mass is 10.1. The number of aromatic nitrogens is 1. The van der Waals surface area contributed by atoms with Gasteiger partial charge in [0.15, 0.2) is 0 Å². The minimum absolute atomic E-state index is 0.317. The first kappa shape index (κ1) is 19.8. The highest BCUT2D eigenvalue weighted by molar-refractivity contribution is 7.99. The highest BCUT2D eigenvalue weighted by Crippen LogP contribution is 2.37. The van der Waals surface area contributed by atoms with Crippen molar-refractivity contribution >= 4 is 34.7 Å². The normalized spacial score (nSPS) is 11.4. The maximum atomic E-state index is 11.9. The van der Waals surface area contributed by atoms with Crippen LogP contribution in [0.5, 0.6) is 0 Å². The maximum absolute atomic E-state index is 11.9. The van der Waals surface area contributed by atoms with Gasteiger partial charge >= 0.3 is 6.09 Å². The van der Waals surface area contributed by atoms with Gasteiger partial charge in [0.2, 0.25) is 0 Å². The van der Waals surface area contributed by atoms with E-state index >= 15 is 0 Å². The van der Waals surface area contributed by atoms with Crippen LogP contribution in [0.15, 0.2) is 58.3 Å². The molecule has 2 aromatic carbocycles. The molecule has 4 N–H and O–H groups in total. The average Bonchev–Trinajstić information content (AvgIpc) is 2.98. The van der Waals surface area contributed by atoms with Crippen LogP contribution in [-0.4, -0.2) is 22.6 Å². The number of benzene rings is 2. The van der Waals surface area contributed by atoms with Crippen molar-refractivity contribution in [2.45, 2.75) is 42.7 Å². The molecule has 0 unspecified atom stereocenters. The van der Waals surface area contributed by atoms with Crippen molar-refractivity contribution in [2.24, 2.45) is 5.73 Å².